The Labute approximate surface area is 126 Å². The Morgan fingerprint density at radius 2 is 2.11 bits per heavy atom. The number of aromatic nitrogens is 1. The van der Waals surface area contributed by atoms with Crippen LogP contribution < -0.4 is 11.5 Å². The second-order valence-corrected chi connectivity index (χ2v) is 5.32. The molecule has 1 unspecified atom stereocenters. The van der Waals surface area contributed by atoms with Gasteiger partial charge in [-0.2, -0.15) is 0 Å². The van der Waals surface area contributed by atoms with Gasteiger partial charge in [0, 0.05) is 6.42 Å². The quantitative estimate of drug-likeness (QED) is 0.802. The highest BCUT2D eigenvalue weighted by atomic mass is 35.5. The van der Waals surface area contributed by atoms with Crippen molar-refractivity contribution in [2.75, 3.05) is 5.73 Å². The predicted molar refractivity (Wildman–Crippen MR) is 82.5 cm³/mol. The Kier molecular flexibility index (Phi) is 6.02. The van der Waals surface area contributed by atoms with Crippen LogP contribution in [0.1, 0.15) is 12.5 Å². The molecule has 5 N–H and O–H groups in total. The minimum atomic E-state index is -1.26. The van der Waals surface area contributed by atoms with E-state index in [1.807, 2.05) is 18.2 Å². The topological polar surface area (TPSA) is 102 Å². The van der Waals surface area contributed by atoms with Crippen molar-refractivity contribution < 1.29 is 9.90 Å². The van der Waals surface area contributed by atoms with E-state index in [4.69, 9.17) is 16.6 Å². The third-order valence-corrected chi connectivity index (χ3v) is 3.38. The smallest absolute Gasteiger partial charge is 0.323 e. The number of carboxylic acids is 1. The van der Waals surface area contributed by atoms with E-state index in [-0.39, 0.29) is 31.2 Å². The van der Waals surface area contributed by atoms with E-state index in [1.165, 1.54) is 18.3 Å². The standard InChI is InChI=1S/C11H13N3O2S.2ClH/c1-11(13,9(15)16)5-6-2-3-7-8(4-6)17-10(12)14-7;;/h2-4H,5,13H2,1H3,(H2,12,14)(H,15,16);2*1H. The second-order valence-electron chi connectivity index (χ2n) is 4.25. The summed E-state index contributed by atoms with van der Waals surface area (Å²) in [6.07, 6.45) is 0.274. The highest BCUT2D eigenvalue weighted by Crippen LogP contribution is 2.25. The number of rotatable bonds is 3. The van der Waals surface area contributed by atoms with Gasteiger partial charge in [0.25, 0.3) is 0 Å². The van der Waals surface area contributed by atoms with Crippen LogP contribution in [0.15, 0.2) is 18.2 Å². The lowest BCUT2D eigenvalue weighted by molar-refractivity contribution is -0.142. The summed E-state index contributed by atoms with van der Waals surface area (Å²) in [4.78, 5) is 15.1. The summed E-state index contributed by atoms with van der Waals surface area (Å²) in [6, 6.07) is 5.54. The molecule has 1 aromatic heterocycles. The number of halogens is 2. The maximum atomic E-state index is 10.9. The van der Waals surface area contributed by atoms with Gasteiger partial charge >= 0.3 is 5.97 Å². The summed E-state index contributed by atoms with van der Waals surface area (Å²) in [5.41, 5.74) is 11.7. The van der Waals surface area contributed by atoms with Crippen LogP contribution in [0.4, 0.5) is 5.13 Å². The fourth-order valence-electron chi connectivity index (χ4n) is 1.60. The molecule has 2 rings (SSSR count). The van der Waals surface area contributed by atoms with Crippen molar-refractivity contribution in [3.05, 3.63) is 23.8 Å². The molecular weight excluding hydrogens is 309 g/mol. The van der Waals surface area contributed by atoms with Crippen molar-refractivity contribution in [1.29, 1.82) is 0 Å². The van der Waals surface area contributed by atoms with Gasteiger partial charge in [-0.1, -0.05) is 17.4 Å². The monoisotopic (exact) mass is 323 g/mol. The number of nitrogen functional groups attached to an aromatic ring is 1. The van der Waals surface area contributed by atoms with E-state index in [1.54, 1.807) is 0 Å². The first-order chi connectivity index (χ1) is 7.88. The highest BCUT2D eigenvalue weighted by molar-refractivity contribution is 7.22. The zero-order valence-electron chi connectivity index (χ0n) is 10.1. The van der Waals surface area contributed by atoms with E-state index < -0.39 is 11.5 Å². The van der Waals surface area contributed by atoms with Crippen molar-refractivity contribution in [2.24, 2.45) is 5.73 Å². The number of fused-ring (bicyclic) bond motifs is 1. The summed E-state index contributed by atoms with van der Waals surface area (Å²) in [7, 11) is 0. The minimum absolute atomic E-state index is 0. The molecule has 2 aromatic rings. The van der Waals surface area contributed by atoms with Gasteiger partial charge in [0.05, 0.1) is 10.2 Å². The third kappa shape index (κ3) is 3.94. The molecule has 1 atom stereocenters. The molecule has 0 aliphatic heterocycles. The lowest BCUT2D eigenvalue weighted by Crippen LogP contribution is -2.46. The minimum Gasteiger partial charge on any atom is -0.480 e. The van der Waals surface area contributed by atoms with Crippen LogP contribution in [0.3, 0.4) is 0 Å². The first-order valence-corrected chi connectivity index (χ1v) is 5.87. The zero-order chi connectivity index (χ0) is 12.6. The lowest BCUT2D eigenvalue weighted by atomic mass is 9.94. The van der Waals surface area contributed by atoms with Gasteiger partial charge in [-0.25, -0.2) is 4.98 Å². The van der Waals surface area contributed by atoms with Crippen LogP contribution in [0.2, 0.25) is 0 Å². The van der Waals surface area contributed by atoms with Gasteiger partial charge in [0.15, 0.2) is 5.13 Å². The van der Waals surface area contributed by atoms with Crippen molar-refractivity contribution >= 4 is 57.5 Å². The number of carbonyl (C=O) groups is 1. The number of anilines is 1. The lowest BCUT2D eigenvalue weighted by Gasteiger charge is -2.18. The van der Waals surface area contributed by atoms with Crippen LogP contribution in [0, 0.1) is 0 Å². The van der Waals surface area contributed by atoms with Gasteiger partial charge in [0.1, 0.15) is 5.54 Å². The number of hydrogen-bond donors (Lipinski definition) is 3. The van der Waals surface area contributed by atoms with E-state index in [2.05, 4.69) is 4.98 Å². The highest BCUT2D eigenvalue weighted by Gasteiger charge is 2.28. The number of carboxylic acid groups (broad SMARTS) is 1. The molecule has 0 bridgehead atoms. The first kappa shape index (κ1) is 17.9. The summed E-state index contributed by atoms with van der Waals surface area (Å²) in [6.45, 7) is 1.50. The van der Waals surface area contributed by atoms with E-state index in [9.17, 15) is 4.79 Å². The van der Waals surface area contributed by atoms with E-state index >= 15 is 0 Å². The average Bonchev–Trinajstić information content (AvgIpc) is 2.56. The molecule has 0 aliphatic carbocycles. The summed E-state index contributed by atoms with van der Waals surface area (Å²) < 4.78 is 0.946. The van der Waals surface area contributed by atoms with Crippen LogP contribution in [-0.2, 0) is 11.2 Å². The Bertz CT molecular complexity index is 586. The fourth-order valence-corrected chi connectivity index (χ4v) is 2.39. The van der Waals surface area contributed by atoms with Crippen molar-refractivity contribution in [2.45, 2.75) is 18.9 Å². The largest absolute Gasteiger partial charge is 0.480 e. The van der Waals surface area contributed by atoms with E-state index in [0.29, 0.717) is 5.13 Å². The molecule has 0 amide bonds. The van der Waals surface area contributed by atoms with Crippen molar-refractivity contribution in [3.63, 3.8) is 0 Å². The number of nitrogens with two attached hydrogens (primary N) is 2. The molecule has 0 saturated heterocycles. The van der Waals surface area contributed by atoms with Crippen molar-refractivity contribution in [3.8, 4) is 0 Å². The Hall–Kier alpha value is -1.08. The number of benzene rings is 1. The molecule has 0 aliphatic rings. The molecule has 5 nitrogen and oxygen atoms in total. The fraction of sp³-hybridized carbons (Fsp3) is 0.273. The van der Waals surface area contributed by atoms with Gasteiger partial charge in [-0.3, -0.25) is 4.79 Å². The van der Waals surface area contributed by atoms with Gasteiger partial charge in [-0.15, -0.1) is 24.8 Å². The molecule has 1 heterocycles. The Balaban J connectivity index is 0.00000162. The number of nitrogens with zero attached hydrogens (tertiary/aromatic N) is 1. The van der Waals surface area contributed by atoms with E-state index in [0.717, 1.165) is 15.8 Å². The Morgan fingerprint density at radius 1 is 1.47 bits per heavy atom. The number of hydrogen-bond acceptors (Lipinski definition) is 5. The van der Waals surface area contributed by atoms with Crippen LogP contribution >= 0.6 is 36.2 Å². The molecule has 19 heavy (non-hydrogen) atoms. The summed E-state index contributed by atoms with van der Waals surface area (Å²) in [5, 5.41) is 9.47. The molecule has 0 radical (unpaired) electrons. The van der Waals surface area contributed by atoms with Gasteiger partial charge in [-0.05, 0) is 24.6 Å². The molecule has 0 saturated carbocycles. The first-order valence-electron chi connectivity index (χ1n) is 5.06. The molecule has 0 spiro atoms. The molecule has 0 fully saturated rings. The Morgan fingerprint density at radius 3 is 2.68 bits per heavy atom. The van der Waals surface area contributed by atoms with Gasteiger partial charge < -0.3 is 16.6 Å². The maximum absolute atomic E-state index is 10.9. The maximum Gasteiger partial charge on any atom is 0.323 e. The zero-order valence-corrected chi connectivity index (χ0v) is 12.6. The SMILES string of the molecule is CC(N)(Cc1ccc2nc(N)sc2c1)C(=O)O.Cl.Cl. The normalized spacial score (nSPS) is 13.2. The summed E-state index contributed by atoms with van der Waals surface area (Å²) >= 11 is 1.38. The third-order valence-electron chi connectivity index (χ3n) is 2.53. The molecule has 106 valence electrons. The number of aliphatic carboxylic acids is 1. The van der Waals surface area contributed by atoms with Crippen LogP contribution in [0.5, 0.6) is 0 Å². The van der Waals surface area contributed by atoms with Gasteiger partial charge in [0.2, 0.25) is 0 Å². The van der Waals surface area contributed by atoms with Crippen molar-refractivity contribution in [1.82, 2.24) is 4.98 Å². The summed E-state index contributed by atoms with van der Waals surface area (Å²) in [5.74, 6) is -1.01. The van der Waals surface area contributed by atoms with Crippen LogP contribution in [-0.4, -0.2) is 21.6 Å². The molecule has 1 aromatic carbocycles. The number of thiazole rings is 1. The second kappa shape index (κ2) is 6.38. The molecular formula is C11H15Cl2N3O2S. The molecule has 8 heteroatoms. The average molecular weight is 324 g/mol. The predicted octanol–water partition coefficient (Wildman–Crippen LogP) is 2.07. The van der Waals surface area contributed by atoms with Crippen LogP contribution in [0.25, 0.3) is 10.2 Å².